The molecule has 0 aliphatic carbocycles. The zero-order valence-electron chi connectivity index (χ0n) is 15.2. The maximum absolute atomic E-state index is 12.2. The molecule has 2 rings (SSSR count). The fourth-order valence-electron chi connectivity index (χ4n) is 2.31. The van der Waals surface area contributed by atoms with Crippen molar-refractivity contribution in [3.8, 4) is 0 Å². The summed E-state index contributed by atoms with van der Waals surface area (Å²) in [5.41, 5.74) is 1.69. The van der Waals surface area contributed by atoms with Crippen LogP contribution in [0.15, 0.2) is 48.5 Å². The number of nitrogens with one attached hydrogen (secondary N) is 3. The van der Waals surface area contributed by atoms with Gasteiger partial charge in [-0.25, -0.2) is 0 Å². The molecule has 0 heterocycles. The normalized spacial score (nSPS) is 11.1. The fraction of sp³-hybridized carbons (Fsp3) is 0.300. The molecule has 26 heavy (non-hydrogen) atoms. The average Bonchev–Trinajstić information content (AvgIpc) is 2.55. The zero-order valence-corrected chi connectivity index (χ0v) is 16.0. The maximum atomic E-state index is 12.2. The number of halogens is 1. The monoisotopic (exact) mass is 373 g/mol. The Bertz CT molecular complexity index is 785. The first-order chi connectivity index (χ1) is 12.2. The first kappa shape index (κ1) is 19.9. The molecule has 5 nitrogen and oxygen atoms in total. The van der Waals surface area contributed by atoms with Crippen molar-refractivity contribution < 1.29 is 9.59 Å². The number of carbonyl (C=O) groups is 2. The van der Waals surface area contributed by atoms with Gasteiger partial charge in [-0.2, -0.15) is 0 Å². The molecule has 0 radical (unpaired) electrons. The van der Waals surface area contributed by atoms with Crippen LogP contribution in [0.3, 0.4) is 0 Å². The highest BCUT2D eigenvalue weighted by Gasteiger charge is 2.15. The van der Waals surface area contributed by atoms with Gasteiger partial charge >= 0.3 is 0 Å². The Morgan fingerprint density at radius 1 is 1.04 bits per heavy atom. The quantitative estimate of drug-likeness (QED) is 0.724. The highest BCUT2D eigenvalue weighted by molar-refractivity contribution is 6.31. The summed E-state index contributed by atoms with van der Waals surface area (Å²) < 4.78 is 0. The summed E-state index contributed by atoms with van der Waals surface area (Å²) in [5, 5.41) is 9.40. The molecule has 0 aromatic heterocycles. The van der Waals surface area contributed by atoms with Crippen LogP contribution in [0.1, 0.15) is 36.7 Å². The van der Waals surface area contributed by atoms with Gasteiger partial charge in [-0.1, -0.05) is 35.9 Å². The fourth-order valence-corrected chi connectivity index (χ4v) is 2.51. The second-order valence-electron chi connectivity index (χ2n) is 7.03. The van der Waals surface area contributed by atoms with Crippen LogP contribution in [0.2, 0.25) is 5.02 Å². The minimum Gasteiger partial charge on any atom is -0.347 e. The molecular weight excluding hydrogens is 350 g/mol. The van der Waals surface area contributed by atoms with Gasteiger partial charge in [0.05, 0.1) is 6.54 Å². The first-order valence-electron chi connectivity index (χ1n) is 8.41. The van der Waals surface area contributed by atoms with Gasteiger partial charge in [-0.05, 0) is 50.6 Å². The number of rotatable bonds is 6. The predicted molar refractivity (Wildman–Crippen MR) is 105 cm³/mol. The molecule has 2 aromatic carbocycles. The predicted octanol–water partition coefficient (Wildman–Crippen LogP) is 3.60. The van der Waals surface area contributed by atoms with Gasteiger partial charge in [0, 0.05) is 28.4 Å². The first-order valence-corrected chi connectivity index (χ1v) is 8.79. The molecule has 0 unspecified atom stereocenters. The van der Waals surface area contributed by atoms with E-state index in [2.05, 4.69) is 16.0 Å². The van der Waals surface area contributed by atoms with Crippen LogP contribution >= 0.6 is 11.6 Å². The number of benzene rings is 2. The van der Waals surface area contributed by atoms with Gasteiger partial charge in [0.2, 0.25) is 5.91 Å². The van der Waals surface area contributed by atoms with Crippen molar-refractivity contribution >= 4 is 29.1 Å². The van der Waals surface area contributed by atoms with Gasteiger partial charge in [-0.3, -0.25) is 9.59 Å². The van der Waals surface area contributed by atoms with Crippen LogP contribution in [0.25, 0.3) is 0 Å². The topological polar surface area (TPSA) is 70.2 Å². The third-order valence-corrected chi connectivity index (χ3v) is 3.82. The Morgan fingerprint density at radius 2 is 1.77 bits per heavy atom. The number of hydrogen-bond acceptors (Lipinski definition) is 3. The molecule has 3 N–H and O–H groups in total. The van der Waals surface area contributed by atoms with Crippen LogP contribution in [0.4, 0.5) is 5.69 Å². The van der Waals surface area contributed by atoms with Crippen LogP contribution in [0.5, 0.6) is 0 Å². The lowest BCUT2D eigenvalue weighted by molar-refractivity contribution is -0.115. The van der Waals surface area contributed by atoms with E-state index in [4.69, 9.17) is 11.6 Å². The highest BCUT2D eigenvalue weighted by atomic mass is 35.5. The van der Waals surface area contributed by atoms with E-state index in [-0.39, 0.29) is 23.9 Å². The van der Waals surface area contributed by atoms with Gasteiger partial charge in [0.25, 0.3) is 5.91 Å². The standard InChI is InChI=1S/C20H24ClN3O2/c1-20(2,3)24-19(26)14-8-6-9-16(11-14)23-18(25)13-22-12-15-7-4-5-10-17(15)21/h4-11,22H,12-13H2,1-3H3,(H,23,25)(H,24,26). The van der Waals surface area contributed by atoms with E-state index >= 15 is 0 Å². The summed E-state index contributed by atoms with van der Waals surface area (Å²) in [5.74, 6) is -0.365. The minimum atomic E-state index is -0.320. The van der Waals surface area contributed by atoms with Gasteiger partial charge < -0.3 is 16.0 Å². The zero-order chi connectivity index (χ0) is 19.2. The molecule has 0 aliphatic rings. The van der Waals surface area contributed by atoms with E-state index in [0.717, 1.165) is 5.56 Å². The lowest BCUT2D eigenvalue weighted by Gasteiger charge is -2.20. The summed E-state index contributed by atoms with van der Waals surface area (Å²) in [6.45, 7) is 6.40. The number of anilines is 1. The molecule has 0 saturated heterocycles. The molecule has 138 valence electrons. The second-order valence-corrected chi connectivity index (χ2v) is 7.44. The second kappa shape index (κ2) is 8.83. The maximum Gasteiger partial charge on any atom is 0.251 e. The van der Waals surface area contributed by atoms with Crippen LogP contribution < -0.4 is 16.0 Å². The van der Waals surface area contributed by atoms with Crippen LogP contribution in [-0.2, 0) is 11.3 Å². The van der Waals surface area contributed by atoms with Crippen molar-refractivity contribution in [2.75, 3.05) is 11.9 Å². The van der Waals surface area contributed by atoms with Gasteiger partial charge in [0.1, 0.15) is 0 Å². The smallest absolute Gasteiger partial charge is 0.251 e. The van der Waals surface area contributed by atoms with E-state index in [0.29, 0.717) is 22.8 Å². The van der Waals surface area contributed by atoms with Crippen molar-refractivity contribution in [2.45, 2.75) is 32.9 Å². The number of amides is 2. The Morgan fingerprint density at radius 3 is 2.46 bits per heavy atom. The SMILES string of the molecule is CC(C)(C)NC(=O)c1cccc(NC(=O)CNCc2ccccc2Cl)c1. The Kier molecular flexibility index (Phi) is 6.77. The Balaban J connectivity index is 1.88. The summed E-state index contributed by atoms with van der Waals surface area (Å²) in [4.78, 5) is 24.3. The van der Waals surface area contributed by atoms with E-state index < -0.39 is 0 Å². The third-order valence-electron chi connectivity index (χ3n) is 3.46. The molecule has 2 aromatic rings. The van der Waals surface area contributed by atoms with E-state index in [1.165, 1.54) is 0 Å². The van der Waals surface area contributed by atoms with Crippen molar-refractivity contribution in [3.63, 3.8) is 0 Å². The molecule has 2 amide bonds. The largest absolute Gasteiger partial charge is 0.347 e. The van der Waals surface area contributed by atoms with Crippen molar-refractivity contribution in [3.05, 3.63) is 64.7 Å². The van der Waals surface area contributed by atoms with E-state index in [1.807, 2.05) is 45.0 Å². The highest BCUT2D eigenvalue weighted by Crippen LogP contribution is 2.14. The number of carbonyl (C=O) groups excluding carboxylic acids is 2. The van der Waals surface area contributed by atoms with E-state index in [9.17, 15) is 9.59 Å². The van der Waals surface area contributed by atoms with Crippen LogP contribution in [-0.4, -0.2) is 23.9 Å². The molecule has 0 fully saturated rings. The molecular formula is C20H24ClN3O2. The summed E-state index contributed by atoms with van der Waals surface area (Å²) in [7, 11) is 0. The van der Waals surface area contributed by atoms with Crippen molar-refractivity contribution in [2.24, 2.45) is 0 Å². The minimum absolute atomic E-state index is 0.142. The van der Waals surface area contributed by atoms with Gasteiger partial charge in [-0.15, -0.1) is 0 Å². The molecule has 0 aliphatic heterocycles. The van der Waals surface area contributed by atoms with Crippen molar-refractivity contribution in [1.29, 1.82) is 0 Å². The molecule has 0 atom stereocenters. The third kappa shape index (κ3) is 6.50. The molecule has 0 bridgehead atoms. The lowest BCUT2D eigenvalue weighted by atomic mass is 10.1. The summed E-state index contributed by atoms with van der Waals surface area (Å²) in [6, 6.07) is 14.3. The van der Waals surface area contributed by atoms with E-state index in [1.54, 1.807) is 24.3 Å². The lowest BCUT2D eigenvalue weighted by Crippen LogP contribution is -2.40. The number of hydrogen-bond donors (Lipinski definition) is 3. The van der Waals surface area contributed by atoms with Gasteiger partial charge in [0.15, 0.2) is 0 Å². The Labute approximate surface area is 159 Å². The average molecular weight is 374 g/mol. The van der Waals surface area contributed by atoms with Crippen molar-refractivity contribution in [1.82, 2.24) is 10.6 Å². The summed E-state index contributed by atoms with van der Waals surface area (Å²) in [6.07, 6.45) is 0. The molecule has 6 heteroatoms. The van der Waals surface area contributed by atoms with Crippen LogP contribution in [0, 0.1) is 0 Å². The Hall–Kier alpha value is -2.37. The molecule has 0 spiro atoms. The molecule has 0 saturated carbocycles. The summed E-state index contributed by atoms with van der Waals surface area (Å²) >= 11 is 6.08.